The van der Waals surface area contributed by atoms with Crippen molar-refractivity contribution in [3.05, 3.63) is 23.5 Å². The summed E-state index contributed by atoms with van der Waals surface area (Å²) in [4.78, 5) is 51.2. The molecule has 4 aliphatic rings. The topological polar surface area (TPSA) is 104 Å². The number of alkyl halides is 2. The maximum atomic E-state index is 14.5. The fourth-order valence-electron chi connectivity index (χ4n) is 6.69. The van der Waals surface area contributed by atoms with Crippen LogP contribution in [0.1, 0.15) is 102 Å². The first-order valence-corrected chi connectivity index (χ1v) is 16.9. The van der Waals surface area contributed by atoms with Gasteiger partial charge in [-0.2, -0.15) is 0 Å². The van der Waals surface area contributed by atoms with Crippen LogP contribution in [0.3, 0.4) is 0 Å². The number of nitrogens with one attached hydrogen (secondary N) is 1. The van der Waals surface area contributed by atoms with E-state index in [9.17, 15) is 23.2 Å². The first-order chi connectivity index (χ1) is 21.6. The second-order valence-electron chi connectivity index (χ2n) is 15.1. The summed E-state index contributed by atoms with van der Waals surface area (Å²) in [5.41, 5.74) is 1.38. The van der Waals surface area contributed by atoms with Crippen molar-refractivity contribution in [2.24, 2.45) is 11.8 Å². The number of likely N-dealkylation sites (tertiary alicyclic amines) is 2. The van der Waals surface area contributed by atoms with E-state index in [1.807, 2.05) is 13.8 Å². The van der Waals surface area contributed by atoms with Crippen LogP contribution in [0, 0.1) is 11.8 Å². The Kier molecular flexibility index (Phi) is 10.2. The van der Waals surface area contributed by atoms with Crippen LogP contribution in [0.15, 0.2) is 12.3 Å². The van der Waals surface area contributed by atoms with Crippen molar-refractivity contribution in [1.82, 2.24) is 19.7 Å². The number of hydrogen-bond acceptors (Lipinski definition) is 7. The number of rotatable bonds is 9. The van der Waals surface area contributed by atoms with E-state index < -0.39 is 29.6 Å². The second kappa shape index (κ2) is 13.6. The third-order valence-electron chi connectivity index (χ3n) is 9.45. The molecule has 4 fully saturated rings. The van der Waals surface area contributed by atoms with E-state index in [1.54, 1.807) is 39.0 Å². The molecule has 10 nitrogen and oxygen atoms in total. The Morgan fingerprint density at radius 1 is 1.09 bits per heavy atom. The zero-order chi connectivity index (χ0) is 33.4. The molecule has 1 N–H and O–H groups in total. The Morgan fingerprint density at radius 3 is 2.35 bits per heavy atom. The van der Waals surface area contributed by atoms with Gasteiger partial charge in [-0.25, -0.2) is 18.6 Å². The quantitative estimate of drug-likeness (QED) is 0.376. The van der Waals surface area contributed by atoms with E-state index in [0.717, 1.165) is 31.2 Å². The van der Waals surface area contributed by atoms with Gasteiger partial charge in [0, 0.05) is 64.9 Å². The minimum absolute atomic E-state index is 0.0362. The van der Waals surface area contributed by atoms with Gasteiger partial charge in [0.05, 0.1) is 23.8 Å². The van der Waals surface area contributed by atoms with Crippen molar-refractivity contribution < 1.29 is 32.6 Å². The average Bonchev–Trinajstić information content (AvgIpc) is 3.81. The summed E-state index contributed by atoms with van der Waals surface area (Å²) in [7, 11) is 1.71. The summed E-state index contributed by atoms with van der Waals surface area (Å²) in [6.07, 6.45) is 4.87. The van der Waals surface area contributed by atoms with Gasteiger partial charge in [-0.1, -0.05) is 13.8 Å². The molecule has 256 valence electrons. The molecular formula is C34H51F2N5O5. The van der Waals surface area contributed by atoms with Gasteiger partial charge in [-0.05, 0) is 76.3 Å². The van der Waals surface area contributed by atoms with Gasteiger partial charge in [0.1, 0.15) is 5.60 Å². The highest BCUT2D eigenvalue weighted by Crippen LogP contribution is 2.41. The zero-order valence-corrected chi connectivity index (χ0v) is 28.2. The lowest BCUT2D eigenvalue weighted by molar-refractivity contribution is -0.144. The summed E-state index contributed by atoms with van der Waals surface area (Å²) >= 11 is 0. The lowest BCUT2D eigenvalue weighted by Crippen LogP contribution is -2.58. The number of pyridine rings is 1. The molecule has 46 heavy (non-hydrogen) atoms. The molecule has 0 aromatic carbocycles. The summed E-state index contributed by atoms with van der Waals surface area (Å²) in [5, 5.41) is 3.56. The number of amides is 3. The fourth-order valence-corrected chi connectivity index (χ4v) is 6.69. The smallest absolute Gasteiger partial charge is 0.410 e. The van der Waals surface area contributed by atoms with Crippen molar-refractivity contribution in [3.63, 3.8) is 0 Å². The Bertz CT molecular complexity index is 1270. The molecule has 12 heteroatoms. The van der Waals surface area contributed by atoms with E-state index in [1.165, 1.54) is 9.80 Å². The van der Waals surface area contributed by atoms with Crippen LogP contribution in [0.4, 0.5) is 19.3 Å². The number of hydrogen-bond donors (Lipinski definition) is 1. The van der Waals surface area contributed by atoms with Crippen LogP contribution in [0.25, 0.3) is 0 Å². The number of anilines is 1. The molecule has 2 unspecified atom stereocenters. The summed E-state index contributed by atoms with van der Waals surface area (Å²) in [5.74, 6) is -3.43. The van der Waals surface area contributed by atoms with Crippen molar-refractivity contribution in [2.45, 2.75) is 115 Å². The minimum Gasteiger partial charge on any atom is -0.444 e. The monoisotopic (exact) mass is 647 g/mol. The highest BCUT2D eigenvalue weighted by molar-refractivity contribution is 5.98. The van der Waals surface area contributed by atoms with Crippen molar-refractivity contribution in [1.29, 1.82) is 0 Å². The van der Waals surface area contributed by atoms with E-state index in [0.29, 0.717) is 30.3 Å². The van der Waals surface area contributed by atoms with E-state index in [4.69, 9.17) is 14.5 Å². The van der Waals surface area contributed by atoms with Gasteiger partial charge in [0.25, 0.3) is 11.8 Å². The maximum absolute atomic E-state index is 14.5. The molecular weight excluding hydrogens is 596 g/mol. The van der Waals surface area contributed by atoms with Crippen LogP contribution < -0.4 is 5.32 Å². The van der Waals surface area contributed by atoms with E-state index >= 15 is 0 Å². The highest BCUT2D eigenvalue weighted by Gasteiger charge is 2.44. The number of nitrogens with zero attached hydrogens (tertiary/aromatic N) is 4. The van der Waals surface area contributed by atoms with Crippen molar-refractivity contribution in [2.75, 3.05) is 45.2 Å². The van der Waals surface area contributed by atoms with Gasteiger partial charge in [0.2, 0.25) is 5.91 Å². The Morgan fingerprint density at radius 2 is 1.76 bits per heavy atom. The number of piperidine rings is 2. The average molecular weight is 648 g/mol. The number of aromatic nitrogens is 1. The minimum atomic E-state index is -2.79. The summed E-state index contributed by atoms with van der Waals surface area (Å²) in [6.45, 7) is 9.99. The Hall–Kier alpha value is -3.02. The van der Waals surface area contributed by atoms with Crippen LogP contribution >= 0.6 is 0 Å². The third-order valence-corrected chi connectivity index (χ3v) is 9.45. The largest absolute Gasteiger partial charge is 0.444 e. The Labute approximate surface area is 271 Å². The third kappa shape index (κ3) is 8.46. The summed E-state index contributed by atoms with van der Waals surface area (Å²) in [6, 6.07) is 1.72. The standard InChI is InChI=1S/C34H51F2N5O5/c1-21(2)18-41(31(43)29-28(38-25-15-27(16-25)45-6)14-23(17-37-29)22-7-8-22)26-13-24(19-40(20-26)32(44)46-33(3,4)5)30(42)39-11-9-34(35,36)10-12-39/h14,17,21-22,24-27,38H,7-13,15-16,18-20H2,1-6H3. The SMILES string of the molecule is COC1CC(Nc2cc(C3CC3)cnc2C(=O)N(CC(C)C)C2CC(C(=O)N3CCC(F)(F)CC3)CN(C(=O)OC(C)(C)C)C2)C1. The second-order valence-corrected chi connectivity index (χ2v) is 15.1. The molecule has 2 aliphatic carbocycles. The van der Waals surface area contributed by atoms with Gasteiger partial charge in [0.15, 0.2) is 5.69 Å². The van der Waals surface area contributed by atoms with Crippen LogP contribution in [-0.4, -0.2) is 107 Å². The van der Waals surface area contributed by atoms with Gasteiger partial charge in [-0.15, -0.1) is 0 Å². The number of methoxy groups -OCH3 is 1. The number of carbonyl (C=O) groups excluding carboxylic acids is 3. The van der Waals surface area contributed by atoms with Gasteiger partial charge < -0.3 is 29.5 Å². The molecule has 2 atom stereocenters. The van der Waals surface area contributed by atoms with Gasteiger partial charge in [-0.3, -0.25) is 9.59 Å². The molecule has 0 bridgehead atoms. The molecule has 1 aromatic heterocycles. The van der Waals surface area contributed by atoms with Crippen LogP contribution in [0.5, 0.6) is 0 Å². The highest BCUT2D eigenvalue weighted by atomic mass is 19.3. The molecule has 0 spiro atoms. The summed E-state index contributed by atoms with van der Waals surface area (Å²) < 4.78 is 39.0. The molecule has 2 saturated heterocycles. The van der Waals surface area contributed by atoms with Crippen LogP contribution in [-0.2, 0) is 14.3 Å². The molecule has 3 amide bonds. The first kappa shape index (κ1) is 34.3. The van der Waals surface area contributed by atoms with E-state index in [-0.39, 0.29) is 68.9 Å². The molecule has 5 rings (SSSR count). The number of ether oxygens (including phenoxy) is 2. The van der Waals surface area contributed by atoms with Crippen LogP contribution in [0.2, 0.25) is 0 Å². The molecule has 2 aliphatic heterocycles. The fraction of sp³-hybridized carbons (Fsp3) is 0.765. The first-order valence-electron chi connectivity index (χ1n) is 16.9. The normalized spacial score (nSPS) is 26.4. The van der Waals surface area contributed by atoms with Crippen molar-refractivity contribution in [3.8, 4) is 0 Å². The van der Waals surface area contributed by atoms with Crippen molar-refractivity contribution >= 4 is 23.6 Å². The molecule has 0 radical (unpaired) electrons. The molecule has 1 aromatic rings. The maximum Gasteiger partial charge on any atom is 0.410 e. The van der Waals surface area contributed by atoms with Gasteiger partial charge >= 0.3 is 6.09 Å². The molecule has 2 saturated carbocycles. The zero-order valence-electron chi connectivity index (χ0n) is 28.2. The van der Waals surface area contributed by atoms with E-state index in [2.05, 4.69) is 11.4 Å². The lowest BCUT2D eigenvalue weighted by atomic mass is 9.88. The number of halogens is 2. The Balaban J connectivity index is 1.43. The molecule has 3 heterocycles. The predicted octanol–water partition coefficient (Wildman–Crippen LogP) is 5.53. The lowest BCUT2D eigenvalue weighted by Gasteiger charge is -2.44. The predicted molar refractivity (Wildman–Crippen MR) is 170 cm³/mol. The number of carbonyl (C=O) groups is 3.